The normalized spacial score (nSPS) is 11.3. The van der Waals surface area contributed by atoms with Crippen molar-refractivity contribution >= 4 is 46.8 Å². The summed E-state index contributed by atoms with van der Waals surface area (Å²) in [6.07, 6.45) is 2.07. The summed E-state index contributed by atoms with van der Waals surface area (Å²) in [4.78, 5) is 75.7. The first-order valence-corrected chi connectivity index (χ1v) is 13.9. The fraction of sp³-hybridized carbons (Fsp3) is 0.235. The van der Waals surface area contributed by atoms with Crippen LogP contribution in [0.25, 0.3) is 0 Å². The third kappa shape index (κ3) is 7.69. The van der Waals surface area contributed by atoms with E-state index < -0.39 is 51.9 Å². The van der Waals surface area contributed by atoms with Crippen molar-refractivity contribution in [3.63, 3.8) is 0 Å². The van der Waals surface area contributed by atoms with Crippen LogP contribution < -0.4 is 10.6 Å². The molecule has 11 heteroatoms. The summed E-state index contributed by atoms with van der Waals surface area (Å²) in [6, 6.07) is 11.0. The van der Waals surface area contributed by atoms with Crippen molar-refractivity contribution in [2.24, 2.45) is 5.41 Å². The Labute approximate surface area is 259 Å². The van der Waals surface area contributed by atoms with E-state index in [0.717, 1.165) is 24.3 Å². The molecule has 0 aliphatic carbocycles. The third-order valence-electron chi connectivity index (χ3n) is 7.41. The molecule has 0 atom stereocenters. The highest BCUT2D eigenvalue weighted by Gasteiger charge is 2.30. The SMILES string of the molecule is C=CC(C)(C)C(=O)c1cc(C(=O)c2ccc(C(=O)O)c(C(=O)Nc3cc(NC(C)(C)CC)cc(C(=O)O)c3)c2)ccc1C(=O)O. The molecule has 0 aliphatic rings. The van der Waals surface area contributed by atoms with Crippen LogP contribution in [0.1, 0.15) is 109 Å². The standard InChI is InChI=1S/C34H34N2O9/c1-7-33(3,4)28(38)25-15-18(9-11-23(25)31(42)43)27(37)19-10-12-24(32(44)45)26(16-19)29(39)35-21-13-20(30(40)41)14-22(17-21)36-34(5,6)8-2/h7,9-17,36H,1,8H2,2-6H3,(H,35,39)(H,40,41)(H,42,43)(H,44,45). The fourth-order valence-electron chi connectivity index (χ4n) is 4.30. The zero-order valence-corrected chi connectivity index (χ0v) is 25.5. The number of aromatic carboxylic acids is 3. The second-order valence-corrected chi connectivity index (χ2v) is 11.6. The van der Waals surface area contributed by atoms with Crippen LogP contribution in [0.3, 0.4) is 0 Å². The quantitative estimate of drug-likeness (QED) is 0.109. The van der Waals surface area contributed by atoms with Crippen LogP contribution in [0.4, 0.5) is 11.4 Å². The summed E-state index contributed by atoms with van der Waals surface area (Å²) in [5.41, 5.74) is -2.70. The molecule has 5 N–H and O–H groups in total. The number of nitrogens with one attached hydrogen (secondary N) is 2. The molecule has 0 bridgehead atoms. The number of benzene rings is 3. The van der Waals surface area contributed by atoms with E-state index in [1.54, 1.807) is 13.8 Å². The number of allylic oxidation sites excluding steroid dienone is 1. The number of carboxylic acid groups (broad SMARTS) is 3. The maximum absolute atomic E-state index is 13.5. The first-order chi connectivity index (χ1) is 20.9. The Balaban J connectivity index is 2.07. The van der Waals surface area contributed by atoms with Gasteiger partial charge in [0.15, 0.2) is 11.6 Å². The molecule has 0 fully saturated rings. The van der Waals surface area contributed by atoms with E-state index in [1.165, 1.54) is 36.4 Å². The molecular formula is C34H34N2O9. The maximum Gasteiger partial charge on any atom is 0.336 e. The van der Waals surface area contributed by atoms with Crippen molar-refractivity contribution in [1.82, 2.24) is 0 Å². The van der Waals surface area contributed by atoms with Crippen LogP contribution in [0.2, 0.25) is 0 Å². The molecule has 234 valence electrons. The molecule has 0 saturated carbocycles. The molecule has 3 rings (SSSR count). The smallest absolute Gasteiger partial charge is 0.336 e. The zero-order chi connectivity index (χ0) is 33.9. The summed E-state index contributed by atoms with van der Waals surface area (Å²) in [7, 11) is 0. The molecule has 45 heavy (non-hydrogen) atoms. The van der Waals surface area contributed by atoms with Crippen molar-refractivity contribution < 1.29 is 44.1 Å². The van der Waals surface area contributed by atoms with Crippen molar-refractivity contribution in [3.8, 4) is 0 Å². The second-order valence-electron chi connectivity index (χ2n) is 11.6. The van der Waals surface area contributed by atoms with E-state index in [1.807, 2.05) is 20.8 Å². The van der Waals surface area contributed by atoms with Crippen LogP contribution in [0.5, 0.6) is 0 Å². The van der Waals surface area contributed by atoms with E-state index in [9.17, 15) is 44.1 Å². The average molecular weight is 615 g/mol. The lowest BCUT2D eigenvalue weighted by molar-refractivity contribution is 0.0682. The molecule has 0 aliphatic heterocycles. The molecule has 3 aromatic carbocycles. The number of Topliss-reactive ketones (excluding diaryl/α,β-unsaturated/α-hetero) is 1. The van der Waals surface area contributed by atoms with Crippen molar-refractivity contribution in [2.75, 3.05) is 10.6 Å². The Morgan fingerprint density at radius 3 is 1.69 bits per heavy atom. The molecule has 0 aromatic heterocycles. The molecule has 0 saturated heterocycles. The van der Waals surface area contributed by atoms with E-state index >= 15 is 0 Å². The maximum atomic E-state index is 13.5. The van der Waals surface area contributed by atoms with Gasteiger partial charge in [-0.25, -0.2) is 14.4 Å². The third-order valence-corrected chi connectivity index (χ3v) is 7.41. The average Bonchev–Trinajstić information content (AvgIpc) is 2.99. The molecule has 0 spiro atoms. The lowest BCUT2D eigenvalue weighted by Crippen LogP contribution is -2.29. The van der Waals surface area contributed by atoms with Gasteiger partial charge in [-0.15, -0.1) is 6.58 Å². The zero-order valence-electron chi connectivity index (χ0n) is 25.5. The van der Waals surface area contributed by atoms with Gasteiger partial charge < -0.3 is 26.0 Å². The lowest BCUT2D eigenvalue weighted by atomic mass is 9.82. The molecule has 0 unspecified atom stereocenters. The Hall–Kier alpha value is -5.58. The first-order valence-electron chi connectivity index (χ1n) is 13.9. The molecule has 11 nitrogen and oxygen atoms in total. The number of hydrogen-bond donors (Lipinski definition) is 5. The van der Waals surface area contributed by atoms with Gasteiger partial charge in [-0.2, -0.15) is 0 Å². The van der Waals surface area contributed by atoms with Crippen LogP contribution in [-0.4, -0.2) is 56.2 Å². The summed E-state index contributed by atoms with van der Waals surface area (Å²) < 4.78 is 0. The van der Waals surface area contributed by atoms with Crippen LogP contribution in [-0.2, 0) is 0 Å². The molecule has 1 amide bonds. The van der Waals surface area contributed by atoms with E-state index in [0.29, 0.717) is 12.1 Å². The summed E-state index contributed by atoms with van der Waals surface area (Å²) in [6.45, 7) is 12.5. The minimum Gasteiger partial charge on any atom is -0.478 e. The monoisotopic (exact) mass is 614 g/mol. The molecule has 0 radical (unpaired) electrons. The van der Waals surface area contributed by atoms with Gasteiger partial charge in [-0.1, -0.05) is 25.1 Å². The number of rotatable bonds is 13. The fourth-order valence-corrected chi connectivity index (χ4v) is 4.30. The second kappa shape index (κ2) is 13.0. The van der Waals surface area contributed by atoms with Crippen LogP contribution in [0, 0.1) is 5.41 Å². The predicted molar refractivity (Wildman–Crippen MR) is 168 cm³/mol. The topological polar surface area (TPSA) is 187 Å². The summed E-state index contributed by atoms with van der Waals surface area (Å²) in [5.74, 6) is -6.27. The van der Waals surface area contributed by atoms with E-state index in [-0.39, 0.29) is 39.1 Å². The number of ketones is 2. The molecule has 0 heterocycles. The number of carbonyl (C=O) groups excluding carboxylic acids is 3. The number of carbonyl (C=O) groups is 6. The number of anilines is 2. The number of hydrogen-bond acceptors (Lipinski definition) is 7. The molecule has 3 aromatic rings. The Kier molecular flexibility index (Phi) is 9.77. The highest BCUT2D eigenvalue weighted by atomic mass is 16.4. The first kappa shape index (κ1) is 33.9. The Morgan fingerprint density at radius 1 is 0.689 bits per heavy atom. The van der Waals surface area contributed by atoms with E-state index in [2.05, 4.69) is 17.2 Å². The summed E-state index contributed by atoms with van der Waals surface area (Å²) in [5, 5.41) is 34.7. The van der Waals surface area contributed by atoms with Gasteiger partial charge in [-0.3, -0.25) is 14.4 Å². The Bertz CT molecular complexity index is 1750. The summed E-state index contributed by atoms with van der Waals surface area (Å²) >= 11 is 0. The highest BCUT2D eigenvalue weighted by molar-refractivity contribution is 6.16. The van der Waals surface area contributed by atoms with Crippen LogP contribution in [0.15, 0.2) is 67.3 Å². The minimum atomic E-state index is -1.45. The van der Waals surface area contributed by atoms with Gasteiger partial charge in [0.05, 0.1) is 22.3 Å². The van der Waals surface area contributed by atoms with Gasteiger partial charge in [0.2, 0.25) is 0 Å². The lowest BCUT2D eigenvalue weighted by Gasteiger charge is -2.26. The predicted octanol–water partition coefficient (Wildman–Crippen LogP) is 6.26. The number of carboxylic acids is 3. The molecular weight excluding hydrogens is 580 g/mol. The van der Waals surface area contributed by atoms with Crippen LogP contribution >= 0.6 is 0 Å². The van der Waals surface area contributed by atoms with Gasteiger partial charge >= 0.3 is 17.9 Å². The van der Waals surface area contributed by atoms with Gasteiger partial charge in [0.25, 0.3) is 5.91 Å². The minimum absolute atomic E-state index is 0.0685. The largest absolute Gasteiger partial charge is 0.478 e. The highest BCUT2D eigenvalue weighted by Crippen LogP contribution is 2.28. The van der Waals surface area contributed by atoms with Gasteiger partial charge in [0.1, 0.15) is 0 Å². The van der Waals surface area contributed by atoms with Gasteiger partial charge in [0, 0.05) is 39.0 Å². The van der Waals surface area contributed by atoms with E-state index in [4.69, 9.17) is 0 Å². The number of amides is 1. The van der Waals surface area contributed by atoms with Crippen molar-refractivity contribution in [1.29, 1.82) is 0 Å². The Morgan fingerprint density at radius 2 is 1.20 bits per heavy atom. The van der Waals surface area contributed by atoms with Crippen molar-refractivity contribution in [3.05, 3.63) is 106 Å². The van der Waals surface area contributed by atoms with Crippen molar-refractivity contribution in [2.45, 2.75) is 46.6 Å². The van der Waals surface area contributed by atoms with Gasteiger partial charge in [-0.05, 0) is 76.6 Å².